The minimum atomic E-state index is -0.381. The van der Waals surface area contributed by atoms with Crippen molar-refractivity contribution < 1.29 is 13.9 Å². The molecule has 106 valence electrons. The third kappa shape index (κ3) is 3.38. The molecule has 1 heterocycles. The van der Waals surface area contributed by atoms with Crippen LogP contribution >= 0.6 is 0 Å². The van der Waals surface area contributed by atoms with Gasteiger partial charge in [-0.1, -0.05) is 0 Å². The number of aryl methyl sites for hydroxylation is 1. The van der Waals surface area contributed by atoms with Gasteiger partial charge in [0.05, 0.1) is 26.5 Å². The van der Waals surface area contributed by atoms with E-state index in [1.165, 1.54) is 13.2 Å². The van der Waals surface area contributed by atoms with E-state index in [-0.39, 0.29) is 11.6 Å². The Morgan fingerprint density at radius 3 is 2.65 bits per heavy atom. The van der Waals surface area contributed by atoms with Gasteiger partial charge < -0.3 is 14.8 Å². The third-order valence-corrected chi connectivity index (χ3v) is 2.84. The van der Waals surface area contributed by atoms with Crippen molar-refractivity contribution in [2.75, 3.05) is 19.5 Å². The number of benzene rings is 1. The van der Waals surface area contributed by atoms with Gasteiger partial charge in [-0.05, 0) is 19.1 Å². The van der Waals surface area contributed by atoms with Gasteiger partial charge in [-0.2, -0.15) is 0 Å². The van der Waals surface area contributed by atoms with Crippen LogP contribution < -0.4 is 14.8 Å². The Labute approximate surface area is 117 Å². The number of nitrogens with zero attached hydrogens (tertiary/aromatic N) is 1. The first-order chi connectivity index (χ1) is 9.62. The monoisotopic (exact) mass is 276 g/mol. The number of rotatable bonds is 5. The van der Waals surface area contributed by atoms with E-state index in [1.54, 1.807) is 19.2 Å². The fourth-order valence-corrected chi connectivity index (χ4v) is 1.87. The Kier molecular flexibility index (Phi) is 4.40. The molecule has 0 aliphatic heterocycles. The summed E-state index contributed by atoms with van der Waals surface area (Å²) in [6.45, 7) is 2.43. The minimum Gasteiger partial charge on any atom is -0.497 e. The molecule has 0 amide bonds. The molecule has 0 radical (unpaired) electrons. The van der Waals surface area contributed by atoms with E-state index in [2.05, 4.69) is 10.3 Å². The van der Waals surface area contributed by atoms with Gasteiger partial charge in [-0.25, -0.2) is 4.39 Å². The van der Waals surface area contributed by atoms with E-state index in [4.69, 9.17) is 9.47 Å². The second-order valence-electron chi connectivity index (χ2n) is 4.34. The van der Waals surface area contributed by atoms with Crippen molar-refractivity contribution in [3.63, 3.8) is 0 Å². The summed E-state index contributed by atoms with van der Waals surface area (Å²) in [5, 5.41) is 3.18. The van der Waals surface area contributed by atoms with Crippen LogP contribution in [0, 0.1) is 12.7 Å². The first-order valence-electron chi connectivity index (χ1n) is 6.21. The summed E-state index contributed by atoms with van der Waals surface area (Å²) in [5.74, 6) is 0.601. The van der Waals surface area contributed by atoms with Gasteiger partial charge in [0.2, 0.25) is 0 Å². The van der Waals surface area contributed by atoms with Gasteiger partial charge in [0.1, 0.15) is 5.75 Å². The SMILES string of the molecule is COc1cc(C)nc(CNc2ccc(F)c(OC)c2)c1. The number of hydrogen-bond acceptors (Lipinski definition) is 4. The third-order valence-electron chi connectivity index (χ3n) is 2.84. The van der Waals surface area contributed by atoms with E-state index < -0.39 is 0 Å². The molecule has 0 bridgehead atoms. The molecule has 1 aromatic heterocycles. The summed E-state index contributed by atoms with van der Waals surface area (Å²) in [4.78, 5) is 4.41. The summed E-state index contributed by atoms with van der Waals surface area (Å²) in [6, 6.07) is 8.36. The molecule has 0 spiro atoms. The molecule has 0 unspecified atom stereocenters. The fourth-order valence-electron chi connectivity index (χ4n) is 1.87. The lowest BCUT2D eigenvalue weighted by Gasteiger charge is -2.10. The highest BCUT2D eigenvalue weighted by Gasteiger charge is 2.04. The van der Waals surface area contributed by atoms with E-state index in [1.807, 2.05) is 19.1 Å². The van der Waals surface area contributed by atoms with E-state index in [0.717, 1.165) is 22.8 Å². The van der Waals surface area contributed by atoms with Crippen LogP contribution in [-0.2, 0) is 6.54 Å². The van der Waals surface area contributed by atoms with Gasteiger partial charge in [0, 0.05) is 29.6 Å². The van der Waals surface area contributed by atoms with Crippen LogP contribution in [0.15, 0.2) is 30.3 Å². The smallest absolute Gasteiger partial charge is 0.165 e. The molecule has 1 aromatic carbocycles. The van der Waals surface area contributed by atoms with Crippen molar-refractivity contribution >= 4 is 5.69 Å². The topological polar surface area (TPSA) is 43.4 Å². The highest BCUT2D eigenvalue weighted by atomic mass is 19.1. The number of pyridine rings is 1. The predicted octanol–water partition coefficient (Wildman–Crippen LogP) is 3.16. The van der Waals surface area contributed by atoms with Crippen LogP contribution in [0.5, 0.6) is 11.5 Å². The number of nitrogens with one attached hydrogen (secondary N) is 1. The van der Waals surface area contributed by atoms with E-state index >= 15 is 0 Å². The normalized spacial score (nSPS) is 10.2. The molecular weight excluding hydrogens is 259 g/mol. The van der Waals surface area contributed by atoms with Crippen molar-refractivity contribution in [2.24, 2.45) is 0 Å². The Hall–Kier alpha value is -2.30. The maximum atomic E-state index is 13.3. The molecule has 20 heavy (non-hydrogen) atoms. The lowest BCUT2D eigenvalue weighted by Crippen LogP contribution is -2.03. The molecule has 5 heteroatoms. The van der Waals surface area contributed by atoms with Crippen LogP contribution in [0.25, 0.3) is 0 Å². The summed E-state index contributed by atoms with van der Waals surface area (Å²) in [6.07, 6.45) is 0. The zero-order chi connectivity index (χ0) is 14.5. The molecular formula is C15H17FN2O2. The first kappa shape index (κ1) is 14.1. The number of halogens is 1. The molecule has 4 nitrogen and oxygen atoms in total. The van der Waals surface area contributed by atoms with Gasteiger partial charge in [-0.15, -0.1) is 0 Å². The second kappa shape index (κ2) is 6.23. The largest absolute Gasteiger partial charge is 0.497 e. The number of anilines is 1. The molecule has 0 aliphatic carbocycles. The van der Waals surface area contributed by atoms with Crippen molar-refractivity contribution in [2.45, 2.75) is 13.5 Å². The molecule has 1 N–H and O–H groups in total. The van der Waals surface area contributed by atoms with Crippen molar-refractivity contribution in [3.05, 3.63) is 47.5 Å². The number of methoxy groups -OCH3 is 2. The average molecular weight is 276 g/mol. The number of ether oxygens (including phenoxy) is 2. The van der Waals surface area contributed by atoms with Crippen molar-refractivity contribution in [1.82, 2.24) is 4.98 Å². The predicted molar refractivity (Wildman–Crippen MR) is 75.8 cm³/mol. The minimum absolute atomic E-state index is 0.213. The zero-order valence-corrected chi connectivity index (χ0v) is 11.7. The Morgan fingerprint density at radius 1 is 1.15 bits per heavy atom. The van der Waals surface area contributed by atoms with Crippen LogP contribution in [-0.4, -0.2) is 19.2 Å². The highest BCUT2D eigenvalue weighted by Crippen LogP contribution is 2.22. The number of aromatic nitrogens is 1. The van der Waals surface area contributed by atoms with Crippen molar-refractivity contribution in [3.8, 4) is 11.5 Å². The molecule has 2 aromatic rings. The highest BCUT2D eigenvalue weighted by molar-refractivity contribution is 5.49. The summed E-state index contributed by atoms with van der Waals surface area (Å²) in [5.41, 5.74) is 2.51. The maximum Gasteiger partial charge on any atom is 0.165 e. The fraction of sp³-hybridized carbons (Fsp3) is 0.267. The molecule has 0 fully saturated rings. The lowest BCUT2D eigenvalue weighted by atomic mass is 10.2. The Balaban J connectivity index is 2.10. The van der Waals surface area contributed by atoms with Crippen molar-refractivity contribution in [1.29, 1.82) is 0 Å². The quantitative estimate of drug-likeness (QED) is 0.911. The molecule has 0 saturated heterocycles. The first-order valence-corrected chi connectivity index (χ1v) is 6.21. The van der Waals surface area contributed by atoms with Gasteiger partial charge >= 0.3 is 0 Å². The second-order valence-corrected chi connectivity index (χ2v) is 4.34. The molecule has 0 saturated carbocycles. The van der Waals surface area contributed by atoms with Gasteiger partial charge in [0.25, 0.3) is 0 Å². The molecule has 0 aliphatic rings. The molecule has 2 rings (SSSR count). The number of hydrogen-bond donors (Lipinski definition) is 1. The van der Waals surface area contributed by atoms with Crippen LogP contribution in [0.1, 0.15) is 11.4 Å². The average Bonchev–Trinajstić information content (AvgIpc) is 2.45. The van der Waals surface area contributed by atoms with Crippen LogP contribution in [0.2, 0.25) is 0 Å². The Morgan fingerprint density at radius 2 is 1.95 bits per heavy atom. The van der Waals surface area contributed by atoms with Gasteiger partial charge in [0.15, 0.2) is 11.6 Å². The van der Waals surface area contributed by atoms with E-state index in [0.29, 0.717) is 6.54 Å². The van der Waals surface area contributed by atoms with Gasteiger partial charge in [-0.3, -0.25) is 4.98 Å². The standard InChI is InChI=1S/C15H17FN2O2/c1-10-6-13(19-2)7-12(18-10)9-17-11-4-5-14(16)15(8-11)20-3/h4-8,17H,9H2,1-3H3. The molecule has 0 atom stereocenters. The Bertz CT molecular complexity index is 602. The van der Waals surface area contributed by atoms with E-state index in [9.17, 15) is 4.39 Å². The zero-order valence-electron chi connectivity index (χ0n) is 11.7. The maximum absolute atomic E-state index is 13.3. The lowest BCUT2D eigenvalue weighted by molar-refractivity contribution is 0.387. The summed E-state index contributed by atoms with van der Waals surface area (Å²) >= 11 is 0. The van der Waals surface area contributed by atoms with Crippen LogP contribution in [0.4, 0.5) is 10.1 Å². The summed E-state index contributed by atoms with van der Waals surface area (Å²) < 4.78 is 23.4. The summed E-state index contributed by atoms with van der Waals surface area (Å²) in [7, 11) is 3.06. The van der Waals surface area contributed by atoms with Crippen LogP contribution in [0.3, 0.4) is 0 Å².